The van der Waals surface area contributed by atoms with E-state index in [1.165, 1.54) is 17.9 Å². The van der Waals surface area contributed by atoms with E-state index in [0.717, 1.165) is 50.2 Å². The van der Waals surface area contributed by atoms with E-state index in [9.17, 15) is 23.2 Å². The fourth-order valence-electron chi connectivity index (χ4n) is 2.84. The van der Waals surface area contributed by atoms with Crippen molar-refractivity contribution in [3.63, 3.8) is 0 Å². The van der Waals surface area contributed by atoms with Crippen molar-refractivity contribution in [1.29, 1.82) is 5.26 Å². The van der Waals surface area contributed by atoms with Crippen LogP contribution in [0, 0.1) is 18.3 Å². The fourth-order valence-corrected chi connectivity index (χ4v) is 3.70. The van der Waals surface area contributed by atoms with E-state index in [4.69, 9.17) is 4.52 Å². The molecule has 0 radical (unpaired) electrons. The number of nitrogens with one attached hydrogen (secondary N) is 1. The summed E-state index contributed by atoms with van der Waals surface area (Å²) in [5.41, 5.74) is -0.941. The highest BCUT2D eigenvalue weighted by Gasteiger charge is 2.34. The zero-order chi connectivity index (χ0) is 21.0. The van der Waals surface area contributed by atoms with Crippen molar-refractivity contribution in [3.8, 4) is 6.07 Å². The first-order valence-corrected chi connectivity index (χ1v) is 9.82. The molecule has 0 spiro atoms. The van der Waals surface area contributed by atoms with Crippen molar-refractivity contribution < 1.29 is 27.3 Å². The maximum Gasteiger partial charge on any atom is 0.433 e. The SMILES string of the molecule is Cc1cc(C(F)(F)F)nc(SCC(=O)Nc2c[n+](N3CCCCC3)no2)c1C#N. The smallest absolute Gasteiger partial charge is 0.288 e. The van der Waals surface area contributed by atoms with Crippen molar-refractivity contribution >= 4 is 23.6 Å². The van der Waals surface area contributed by atoms with Crippen LogP contribution in [0.1, 0.15) is 36.1 Å². The van der Waals surface area contributed by atoms with Crippen molar-refractivity contribution in [2.24, 2.45) is 0 Å². The molecule has 2 aromatic heterocycles. The van der Waals surface area contributed by atoms with Gasteiger partial charge in [-0.15, -0.1) is 0 Å². The highest BCUT2D eigenvalue weighted by molar-refractivity contribution is 8.00. The lowest BCUT2D eigenvalue weighted by molar-refractivity contribution is -0.759. The quantitative estimate of drug-likeness (QED) is 0.578. The van der Waals surface area contributed by atoms with E-state index in [-0.39, 0.29) is 27.8 Å². The average Bonchev–Trinajstić information content (AvgIpc) is 3.14. The molecule has 3 heterocycles. The Morgan fingerprint density at radius 2 is 2.14 bits per heavy atom. The van der Waals surface area contributed by atoms with Crippen LogP contribution in [0.2, 0.25) is 0 Å². The summed E-state index contributed by atoms with van der Waals surface area (Å²) < 4.78 is 44.0. The second-order valence-corrected chi connectivity index (χ2v) is 7.42. The first kappa shape index (κ1) is 20.9. The van der Waals surface area contributed by atoms with Crippen LogP contribution in [0.15, 0.2) is 21.8 Å². The van der Waals surface area contributed by atoms with Gasteiger partial charge >= 0.3 is 12.1 Å². The Hall–Kier alpha value is -2.81. The third kappa shape index (κ3) is 5.17. The molecule has 1 aliphatic rings. The zero-order valence-electron chi connectivity index (χ0n) is 15.5. The number of pyridine rings is 1. The van der Waals surface area contributed by atoms with Gasteiger partial charge in [-0.1, -0.05) is 11.8 Å². The Kier molecular flexibility index (Phi) is 6.26. The van der Waals surface area contributed by atoms with E-state index >= 15 is 0 Å². The van der Waals surface area contributed by atoms with Gasteiger partial charge in [0.25, 0.3) is 6.20 Å². The summed E-state index contributed by atoms with van der Waals surface area (Å²) >= 11 is 0.753. The number of piperidine rings is 1. The minimum absolute atomic E-state index is 0.0124. The number of anilines is 1. The van der Waals surface area contributed by atoms with E-state index in [1.54, 1.807) is 0 Å². The van der Waals surface area contributed by atoms with E-state index < -0.39 is 17.8 Å². The molecule has 8 nitrogen and oxygen atoms in total. The normalized spacial score (nSPS) is 14.5. The summed E-state index contributed by atoms with van der Waals surface area (Å²) in [6.07, 6.45) is 0.134. The van der Waals surface area contributed by atoms with Crippen LogP contribution in [0.4, 0.5) is 19.1 Å². The standard InChI is InChI=1S/C17H17F3N6O2S/c1-11-7-13(17(18,19)20)22-16(12(11)8-21)29-10-14(27)23-15-9-26(24-28-15)25-5-3-2-4-6-25/h7,9H,2-6,10H2,1H3/p+1. The van der Waals surface area contributed by atoms with Gasteiger partial charge in [0, 0.05) is 0 Å². The maximum atomic E-state index is 13.0. The summed E-state index contributed by atoms with van der Waals surface area (Å²) in [4.78, 5) is 17.2. The van der Waals surface area contributed by atoms with Gasteiger partial charge in [-0.2, -0.15) is 23.4 Å². The van der Waals surface area contributed by atoms with Crippen LogP contribution < -0.4 is 15.1 Å². The summed E-state index contributed by atoms with van der Waals surface area (Å²) in [5, 5.41) is 17.4. The molecule has 1 aliphatic heterocycles. The molecule has 154 valence electrons. The average molecular weight is 427 g/mol. The largest absolute Gasteiger partial charge is 0.433 e. The van der Waals surface area contributed by atoms with Gasteiger partial charge in [-0.05, 0) is 37.8 Å². The Labute approximate surface area is 168 Å². The number of hydrogen-bond donors (Lipinski definition) is 1. The molecule has 1 fully saturated rings. The topological polar surface area (TPSA) is 98.9 Å². The van der Waals surface area contributed by atoms with E-state index in [0.29, 0.717) is 0 Å². The maximum absolute atomic E-state index is 13.0. The monoisotopic (exact) mass is 427 g/mol. The second kappa shape index (κ2) is 8.69. The molecule has 0 unspecified atom stereocenters. The van der Waals surface area contributed by atoms with Gasteiger partial charge in [-0.25, -0.2) is 4.98 Å². The van der Waals surface area contributed by atoms with Crippen LogP contribution in [0.5, 0.6) is 0 Å². The molecule has 2 aromatic rings. The molecule has 1 saturated heterocycles. The van der Waals surface area contributed by atoms with Crippen LogP contribution >= 0.6 is 11.8 Å². The lowest BCUT2D eigenvalue weighted by Gasteiger charge is -2.17. The van der Waals surface area contributed by atoms with Gasteiger partial charge in [0.15, 0.2) is 0 Å². The minimum atomic E-state index is -4.64. The number of thioether (sulfide) groups is 1. The number of alkyl halides is 3. The third-order valence-electron chi connectivity index (χ3n) is 4.27. The van der Waals surface area contributed by atoms with Gasteiger partial charge < -0.3 is 0 Å². The number of nitrogens with zero attached hydrogens (tertiary/aromatic N) is 5. The number of rotatable bonds is 5. The molecule has 12 heteroatoms. The molecule has 3 rings (SSSR count). The summed E-state index contributed by atoms with van der Waals surface area (Å²) in [6.45, 7) is 3.06. The molecule has 29 heavy (non-hydrogen) atoms. The molecule has 1 amide bonds. The lowest BCUT2D eigenvalue weighted by atomic mass is 10.1. The number of carbonyl (C=O) groups excluding carboxylic acids is 1. The molecule has 0 atom stereocenters. The molecule has 0 saturated carbocycles. The fraction of sp³-hybridized carbons (Fsp3) is 0.471. The number of nitriles is 1. The van der Waals surface area contributed by atoms with E-state index in [2.05, 4.69) is 15.6 Å². The van der Waals surface area contributed by atoms with E-state index in [1.807, 2.05) is 11.1 Å². The Morgan fingerprint density at radius 1 is 1.41 bits per heavy atom. The van der Waals surface area contributed by atoms with Crippen LogP contribution in [-0.2, 0) is 11.0 Å². The predicted molar refractivity (Wildman–Crippen MR) is 96.5 cm³/mol. The highest BCUT2D eigenvalue weighted by Crippen LogP contribution is 2.32. The Bertz CT molecular complexity index is 934. The van der Waals surface area contributed by atoms with Crippen LogP contribution in [0.25, 0.3) is 0 Å². The van der Waals surface area contributed by atoms with Gasteiger partial charge in [0.1, 0.15) is 16.8 Å². The molecule has 1 N–H and O–H groups in total. The number of halogens is 3. The third-order valence-corrected chi connectivity index (χ3v) is 5.24. The highest BCUT2D eigenvalue weighted by atomic mass is 32.2. The Morgan fingerprint density at radius 3 is 2.79 bits per heavy atom. The predicted octanol–water partition coefficient (Wildman–Crippen LogP) is 2.41. The number of amides is 1. The second-order valence-electron chi connectivity index (χ2n) is 6.45. The number of aryl methyl sites for hydroxylation is 1. The van der Waals surface area contributed by atoms with Gasteiger partial charge in [-0.3, -0.25) is 14.6 Å². The summed E-state index contributed by atoms with van der Waals surface area (Å²) in [6, 6.07) is 2.65. The van der Waals surface area contributed by atoms with Gasteiger partial charge in [0.2, 0.25) is 11.2 Å². The number of carbonyl (C=O) groups is 1. The number of hydrogen-bond acceptors (Lipinski definition) is 7. The molecule has 0 bridgehead atoms. The summed E-state index contributed by atoms with van der Waals surface area (Å²) in [7, 11) is 0. The molecule has 0 aromatic carbocycles. The van der Waals surface area contributed by atoms with Crippen LogP contribution in [0.3, 0.4) is 0 Å². The molecular weight excluding hydrogens is 409 g/mol. The van der Waals surface area contributed by atoms with Crippen molar-refractivity contribution in [2.75, 3.05) is 29.2 Å². The molecule has 0 aliphatic carbocycles. The first-order valence-electron chi connectivity index (χ1n) is 8.83. The van der Waals surface area contributed by atoms with Gasteiger partial charge in [0.05, 0.1) is 29.2 Å². The van der Waals surface area contributed by atoms with Crippen molar-refractivity contribution in [2.45, 2.75) is 37.4 Å². The zero-order valence-corrected chi connectivity index (χ0v) is 16.3. The Balaban J connectivity index is 1.64. The lowest BCUT2D eigenvalue weighted by Crippen LogP contribution is -2.60. The van der Waals surface area contributed by atoms with Crippen molar-refractivity contribution in [3.05, 3.63) is 29.1 Å². The first-order chi connectivity index (χ1) is 13.8. The number of aromatic nitrogens is 3. The summed E-state index contributed by atoms with van der Waals surface area (Å²) in [5.74, 6) is -0.639. The molecular formula is C17H18F3N6O2S+. The minimum Gasteiger partial charge on any atom is -0.288 e. The van der Waals surface area contributed by atoms with Crippen LogP contribution in [-0.4, -0.2) is 35.0 Å². The van der Waals surface area contributed by atoms with Crippen molar-refractivity contribution in [1.82, 2.24) is 10.3 Å².